The molecule has 0 spiro atoms. The molecule has 0 fully saturated rings. The lowest BCUT2D eigenvalue weighted by Crippen LogP contribution is -2.50. The third kappa shape index (κ3) is 2.85. The minimum absolute atomic E-state index is 0.259. The first-order chi connectivity index (χ1) is 10.2. The first-order valence-corrected chi connectivity index (χ1v) is 7.29. The number of nitrogens with zero attached hydrogens (tertiary/aromatic N) is 2. The van der Waals surface area contributed by atoms with Gasteiger partial charge in [-0.2, -0.15) is 0 Å². The molecular formula is C15H15FN2O3S. The Labute approximate surface area is 131 Å². The van der Waals surface area contributed by atoms with E-state index in [-0.39, 0.29) is 4.88 Å². The third-order valence-corrected chi connectivity index (χ3v) is 4.51. The minimum atomic E-state index is -1.35. The molecular weight excluding hydrogens is 307 g/mol. The minimum Gasteiger partial charge on any atom is -0.480 e. The Morgan fingerprint density at radius 1 is 1.32 bits per heavy atom. The molecule has 1 aromatic carbocycles. The van der Waals surface area contributed by atoms with Gasteiger partial charge in [0.25, 0.3) is 5.91 Å². The molecule has 1 amide bonds. The van der Waals surface area contributed by atoms with Gasteiger partial charge in [0.1, 0.15) is 21.2 Å². The zero-order valence-electron chi connectivity index (χ0n) is 12.3. The fraction of sp³-hybridized carbons (Fsp3) is 0.267. The number of hydrogen-bond donors (Lipinski definition) is 1. The summed E-state index contributed by atoms with van der Waals surface area (Å²) < 4.78 is 13.7. The van der Waals surface area contributed by atoms with Crippen LogP contribution in [0.2, 0.25) is 0 Å². The number of carboxylic acids is 1. The smallest absolute Gasteiger partial charge is 0.329 e. The molecule has 1 heterocycles. The van der Waals surface area contributed by atoms with E-state index in [1.54, 1.807) is 18.2 Å². The maximum atomic E-state index is 13.7. The van der Waals surface area contributed by atoms with Crippen molar-refractivity contribution in [3.05, 3.63) is 41.2 Å². The molecule has 0 saturated carbocycles. The van der Waals surface area contributed by atoms with Crippen LogP contribution in [0.5, 0.6) is 0 Å². The number of carbonyl (C=O) groups excluding carboxylic acids is 1. The predicted octanol–water partition coefficient (Wildman–Crippen LogP) is 2.88. The summed E-state index contributed by atoms with van der Waals surface area (Å²) in [6, 6.07) is 6.15. The lowest BCUT2D eigenvalue weighted by molar-refractivity contribution is -0.147. The van der Waals surface area contributed by atoms with Crippen LogP contribution in [0.15, 0.2) is 30.5 Å². The molecule has 0 aliphatic rings. The topological polar surface area (TPSA) is 70.5 Å². The number of aromatic nitrogens is 1. The summed E-state index contributed by atoms with van der Waals surface area (Å²) in [5.41, 5.74) is -1.04. The van der Waals surface area contributed by atoms with Crippen molar-refractivity contribution < 1.29 is 19.1 Å². The summed E-state index contributed by atoms with van der Waals surface area (Å²) in [6.45, 7) is 2.87. The predicted molar refractivity (Wildman–Crippen MR) is 81.3 cm³/mol. The summed E-state index contributed by atoms with van der Waals surface area (Å²) in [6.07, 6.45) is 1.34. The quantitative estimate of drug-likeness (QED) is 0.939. The number of halogens is 1. The average Bonchev–Trinajstić information content (AvgIpc) is 2.95. The van der Waals surface area contributed by atoms with Crippen LogP contribution in [0, 0.1) is 5.82 Å². The van der Waals surface area contributed by atoms with E-state index in [0.717, 1.165) is 16.2 Å². The maximum absolute atomic E-state index is 13.7. The standard InChI is InChI=1S/C15H15FN2O3S/c1-15(2,14(20)21)18(3)13(19)11-8-17-12(22-11)9-6-4-5-7-10(9)16/h4-8H,1-3H3,(H,20,21). The highest BCUT2D eigenvalue weighted by Crippen LogP contribution is 2.28. The van der Waals surface area contributed by atoms with Crippen molar-refractivity contribution in [1.29, 1.82) is 0 Å². The van der Waals surface area contributed by atoms with Crippen molar-refractivity contribution >= 4 is 23.2 Å². The van der Waals surface area contributed by atoms with Crippen molar-refractivity contribution in [3.8, 4) is 10.6 Å². The molecule has 0 saturated heterocycles. The van der Waals surface area contributed by atoms with E-state index in [1.165, 1.54) is 33.2 Å². The van der Waals surface area contributed by atoms with Gasteiger partial charge in [0.05, 0.1) is 6.20 Å². The summed E-state index contributed by atoms with van der Waals surface area (Å²) in [4.78, 5) is 29.0. The van der Waals surface area contributed by atoms with Gasteiger partial charge in [-0.1, -0.05) is 12.1 Å². The third-order valence-electron chi connectivity index (χ3n) is 3.49. The normalized spacial score (nSPS) is 11.3. The van der Waals surface area contributed by atoms with Crippen LogP contribution in [0.4, 0.5) is 4.39 Å². The zero-order valence-corrected chi connectivity index (χ0v) is 13.1. The number of carboxylic acid groups (broad SMARTS) is 1. The number of benzene rings is 1. The Balaban J connectivity index is 2.31. The van der Waals surface area contributed by atoms with Crippen molar-refractivity contribution in [3.63, 3.8) is 0 Å². The van der Waals surface area contributed by atoms with E-state index in [0.29, 0.717) is 10.6 Å². The van der Waals surface area contributed by atoms with Crippen LogP contribution < -0.4 is 0 Å². The summed E-state index contributed by atoms with van der Waals surface area (Å²) >= 11 is 1.03. The number of aliphatic carboxylic acids is 1. The number of likely N-dealkylation sites (N-methyl/N-ethyl adjacent to an activating group) is 1. The molecule has 2 aromatic rings. The number of carbonyl (C=O) groups is 2. The van der Waals surface area contributed by atoms with Crippen molar-refractivity contribution in [2.75, 3.05) is 7.05 Å². The number of rotatable bonds is 4. The van der Waals surface area contributed by atoms with E-state index < -0.39 is 23.2 Å². The molecule has 0 aliphatic carbocycles. The van der Waals surface area contributed by atoms with Gasteiger partial charge in [-0.05, 0) is 26.0 Å². The second-order valence-corrected chi connectivity index (χ2v) is 6.27. The van der Waals surface area contributed by atoms with Crippen molar-refractivity contribution in [2.45, 2.75) is 19.4 Å². The number of thiazole rings is 1. The SMILES string of the molecule is CN(C(=O)c1cnc(-c2ccccc2F)s1)C(C)(C)C(=O)O. The molecule has 0 radical (unpaired) electrons. The first kappa shape index (κ1) is 16.1. The van der Waals surface area contributed by atoms with Crippen LogP contribution in [-0.4, -0.2) is 39.5 Å². The zero-order chi connectivity index (χ0) is 16.5. The lowest BCUT2D eigenvalue weighted by atomic mass is 10.0. The molecule has 0 aliphatic heterocycles. The molecule has 7 heteroatoms. The molecule has 0 atom stereocenters. The summed E-state index contributed by atoms with van der Waals surface area (Å²) in [5, 5.41) is 9.55. The van der Waals surface area contributed by atoms with Crippen molar-refractivity contribution in [2.24, 2.45) is 0 Å². The van der Waals surface area contributed by atoms with Gasteiger partial charge in [0.2, 0.25) is 0 Å². The Kier molecular flexibility index (Phi) is 4.27. The Morgan fingerprint density at radius 2 is 1.95 bits per heavy atom. The Bertz CT molecular complexity index is 727. The Morgan fingerprint density at radius 3 is 2.55 bits per heavy atom. The molecule has 0 unspecified atom stereocenters. The second kappa shape index (κ2) is 5.84. The van der Waals surface area contributed by atoms with Gasteiger partial charge in [-0.25, -0.2) is 14.2 Å². The van der Waals surface area contributed by atoms with E-state index in [9.17, 15) is 19.1 Å². The monoisotopic (exact) mass is 322 g/mol. The van der Waals surface area contributed by atoms with Gasteiger partial charge < -0.3 is 10.0 Å². The number of amides is 1. The molecule has 1 N–H and O–H groups in total. The van der Waals surface area contributed by atoms with Crippen LogP contribution >= 0.6 is 11.3 Å². The average molecular weight is 322 g/mol. The van der Waals surface area contributed by atoms with Gasteiger partial charge in [0.15, 0.2) is 0 Å². The lowest BCUT2D eigenvalue weighted by Gasteiger charge is -2.30. The first-order valence-electron chi connectivity index (χ1n) is 6.47. The fourth-order valence-corrected chi connectivity index (χ4v) is 2.61. The molecule has 22 heavy (non-hydrogen) atoms. The number of hydrogen-bond acceptors (Lipinski definition) is 4. The van der Waals surface area contributed by atoms with E-state index in [1.807, 2.05) is 0 Å². The van der Waals surface area contributed by atoms with E-state index in [2.05, 4.69) is 4.98 Å². The van der Waals surface area contributed by atoms with E-state index in [4.69, 9.17) is 0 Å². The van der Waals surface area contributed by atoms with Crippen LogP contribution in [0.1, 0.15) is 23.5 Å². The highest BCUT2D eigenvalue weighted by atomic mass is 32.1. The summed E-state index contributed by atoms with van der Waals surface area (Å²) in [5.74, 6) is -2.00. The molecule has 5 nitrogen and oxygen atoms in total. The van der Waals surface area contributed by atoms with Crippen LogP contribution in [0.25, 0.3) is 10.6 Å². The highest BCUT2D eigenvalue weighted by Gasteiger charge is 2.36. The van der Waals surface area contributed by atoms with E-state index >= 15 is 0 Å². The van der Waals surface area contributed by atoms with Crippen molar-refractivity contribution in [1.82, 2.24) is 9.88 Å². The second-order valence-electron chi connectivity index (χ2n) is 5.24. The van der Waals surface area contributed by atoms with Crippen LogP contribution in [-0.2, 0) is 4.79 Å². The Hall–Kier alpha value is -2.28. The highest BCUT2D eigenvalue weighted by molar-refractivity contribution is 7.16. The molecule has 1 aromatic heterocycles. The van der Waals surface area contributed by atoms with Gasteiger partial charge in [-0.3, -0.25) is 4.79 Å². The largest absolute Gasteiger partial charge is 0.480 e. The summed E-state index contributed by atoms with van der Waals surface area (Å²) in [7, 11) is 1.42. The maximum Gasteiger partial charge on any atom is 0.329 e. The molecule has 2 rings (SSSR count). The van der Waals surface area contributed by atoms with Crippen LogP contribution in [0.3, 0.4) is 0 Å². The fourth-order valence-electron chi connectivity index (χ4n) is 1.69. The molecule has 0 bridgehead atoms. The molecule has 116 valence electrons. The van der Waals surface area contributed by atoms with Gasteiger partial charge >= 0.3 is 5.97 Å². The van der Waals surface area contributed by atoms with Gasteiger partial charge in [0, 0.05) is 12.6 Å². The van der Waals surface area contributed by atoms with Gasteiger partial charge in [-0.15, -0.1) is 11.3 Å².